The predicted octanol–water partition coefficient (Wildman–Crippen LogP) is 7.31. The maximum atomic E-state index is 13.5. The number of hydrogen-bond donors (Lipinski definition) is 2. The Morgan fingerprint density at radius 1 is 0.976 bits per heavy atom. The number of nitrogens with zero attached hydrogens (tertiary/aromatic N) is 1. The summed E-state index contributed by atoms with van der Waals surface area (Å²) in [7, 11) is -2.66. The van der Waals surface area contributed by atoms with Gasteiger partial charge >= 0.3 is 12.3 Å². The standard InChI is InChI=1S/C31H37F3N3O4P/c1-7-42(40,8-2)27-17-23(15-16-35-27)28(38)37-20(3)21-9-11-22(12-10-21)26-18-25(31(32,33)34)14-13-24(26)19-36-29(39)41-30(4,5)6/h9-18,20H,7-8,19H2,1-6H3,(H,36,39)(H,37,38)/t20-/m1/s1. The molecule has 1 atom stereocenters. The second-order valence-electron chi connectivity index (χ2n) is 11.0. The van der Waals surface area contributed by atoms with Crippen molar-refractivity contribution < 1.29 is 32.1 Å². The van der Waals surface area contributed by atoms with Crippen molar-refractivity contribution in [2.45, 2.75) is 65.9 Å². The largest absolute Gasteiger partial charge is 0.444 e. The Morgan fingerprint density at radius 2 is 1.62 bits per heavy atom. The van der Waals surface area contributed by atoms with E-state index in [2.05, 4.69) is 15.6 Å². The summed E-state index contributed by atoms with van der Waals surface area (Å²) >= 11 is 0. The molecular formula is C31H37F3N3O4P. The summed E-state index contributed by atoms with van der Waals surface area (Å²) in [5, 5.41) is 5.51. The van der Waals surface area contributed by atoms with Crippen molar-refractivity contribution in [1.82, 2.24) is 15.6 Å². The molecule has 3 rings (SSSR count). The van der Waals surface area contributed by atoms with E-state index >= 15 is 0 Å². The zero-order valence-corrected chi connectivity index (χ0v) is 25.5. The van der Waals surface area contributed by atoms with Crippen LogP contribution in [0.3, 0.4) is 0 Å². The van der Waals surface area contributed by atoms with Gasteiger partial charge in [-0.3, -0.25) is 9.78 Å². The lowest BCUT2D eigenvalue weighted by molar-refractivity contribution is -0.137. The van der Waals surface area contributed by atoms with Crippen LogP contribution < -0.4 is 16.1 Å². The van der Waals surface area contributed by atoms with E-state index in [1.54, 1.807) is 64.1 Å². The summed E-state index contributed by atoms with van der Waals surface area (Å²) in [5.74, 6) is -0.359. The third-order valence-electron chi connectivity index (χ3n) is 6.78. The van der Waals surface area contributed by atoms with Crippen molar-refractivity contribution in [1.29, 1.82) is 0 Å². The first kappa shape index (κ1) is 32.9. The molecule has 11 heteroatoms. The van der Waals surface area contributed by atoms with Crippen LogP contribution in [-0.4, -0.2) is 34.9 Å². The number of alkyl halides is 3. The van der Waals surface area contributed by atoms with E-state index < -0.39 is 36.6 Å². The molecule has 0 bridgehead atoms. The minimum Gasteiger partial charge on any atom is -0.444 e. The molecule has 0 fully saturated rings. The Bertz CT molecular complexity index is 1460. The van der Waals surface area contributed by atoms with Gasteiger partial charge in [0.15, 0.2) is 0 Å². The topological polar surface area (TPSA) is 97.4 Å². The Hall–Kier alpha value is -3.65. The number of pyridine rings is 1. The van der Waals surface area contributed by atoms with Crippen molar-refractivity contribution in [2.24, 2.45) is 0 Å². The van der Waals surface area contributed by atoms with Gasteiger partial charge in [0.2, 0.25) is 0 Å². The highest BCUT2D eigenvalue weighted by molar-refractivity contribution is 7.71. The molecule has 1 heterocycles. The van der Waals surface area contributed by atoms with Crippen LogP contribution in [0.15, 0.2) is 60.8 Å². The molecule has 0 spiro atoms. The van der Waals surface area contributed by atoms with E-state index in [0.29, 0.717) is 40.0 Å². The number of halogens is 3. The van der Waals surface area contributed by atoms with Crippen LogP contribution in [0.4, 0.5) is 18.0 Å². The van der Waals surface area contributed by atoms with Gasteiger partial charge in [0.1, 0.15) is 18.2 Å². The maximum absolute atomic E-state index is 13.5. The Kier molecular flexibility index (Phi) is 10.3. The molecule has 0 aliphatic rings. The molecule has 1 aromatic heterocycles. The second-order valence-corrected chi connectivity index (χ2v) is 14.5. The predicted molar refractivity (Wildman–Crippen MR) is 158 cm³/mol. The van der Waals surface area contributed by atoms with E-state index in [-0.39, 0.29) is 12.5 Å². The van der Waals surface area contributed by atoms with E-state index in [1.165, 1.54) is 12.3 Å². The molecule has 2 aromatic carbocycles. The fourth-order valence-corrected chi connectivity index (χ4v) is 6.05. The van der Waals surface area contributed by atoms with E-state index in [0.717, 1.165) is 17.7 Å². The molecule has 0 radical (unpaired) electrons. The minimum atomic E-state index is -4.54. The number of benzene rings is 2. The molecule has 0 unspecified atom stereocenters. The van der Waals surface area contributed by atoms with Crippen molar-refractivity contribution in [3.8, 4) is 11.1 Å². The zero-order valence-electron chi connectivity index (χ0n) is 24.6. The van der Waals surface area contributed by atoms with E-state index in [4.69, 9.17) is 4.74 Å². The molecule has 3 aromatic rings. The number of rotatable bonds is 9. The smallest absolute Gasteiger partial charge is 0.416 e. The summed E-state index contributed by atoms with van der Waals surface area (Å²) in [4.78, 5) is 29.4. The summed E-state index contributed by atoms with van der Waals surface area (Å²) in [6.45, 7) is 10.6. The molecule has 0 aliphatic carbocycles. The number of amides is 2. The number of ether oxygens (including phenoxy) is 1. The Morgan fingerprint density at radius 3 is 2.19 bits per heavy atom. The first-order chi connectivity index (χ1) is 19.6. The highest BCUT2D eigenvalue weighted by atomic mass is 31.2. The van der Waals surface area contributed by atoms with Crippen molar-refractivity contribution in [2.75, 3.05) is 12.3 Å². The molecule has 226 valence electrons. The van der Waals surface area contributed by atoms with Gasteiger partial charge in [-0.05, 0) is 74.2 Å². The first-order valence-corrected chi connectivity index (χ1v) is 15.8. The maximum Gasteiger partial charge on any atom is 0.416 e. The van der Waals surface area contributed by atoms with Gasteiger partial charge in [-0.2, -0.15) is 13.2 Å². The number of nitrogens with one attached hydrogen (secondary N) is 2. The lowest BCUT2D eigenvalue weighted by atomic mass is 9.95. The average molecular weight is 604 g/mol. The lowest BCUT2D eigenvalue weighted by Crippen LogP contribution is -2.32. The van der Waals surface area contributed by atoms with Crippen LogP contribution in [0.25, 0.3) is 11.1 Å². The number of alkyl carbamates (subject to hydrolysis) is 1. The van der Waals surface area contributed by atoms with Crippen LogP contribution in [0, 0.1) is 0 Å². The van der Waals surface area contributed by atoms with E-state index in [9.17, 15) is 27.3 Å². The lowest BCUT2D eigenvalue weighted by Gasteiger charge is -2.20. The highest BCUT2D eigenvalue weighted by Gasteiger charge is 2.31. The average Bonchev–Trinajstić information content (AvgIpc) is 2.94. The summed E-state index contributed by atoms with van der Waals surface area (Å²) < 4.78 is 58.9. The Labute approximate surface area is 244 Å². The van der Waals surface area contributed by atoms with Crippen molar-refractivity contribution >= 4 is 24.6 Å². The SMILES string of the molecule is CCP(=O)(CC)c1cc(C(=O)N[C@H](C)c2ccc(-c3cc(C(F)(F)F)ccc3CNC(=O)OC(C)(C)C)cc2)ccn1. The minimum absolute atomic E-state index is 0.0342. The van der Waals surface area contributed by atoms with Crippen molar-refractivity contribution in [3.63, 3.8) is 0 Å². The summed E-state index contributed by atoms with van der Waals surface area (Å²) in [5.41, 5.74) is 1.27. The molecule has 0 saturated heterocycles. The van der Waals surface area contributed by atoms with Gasteiger partial charge in [0.25, 0.3) is 5.91 Å². The monoisotopic (exact) mass is 603 g/mol. The Balaban J connectivity index is 1.82. The van der Waals surface area contributed by atoms with Gasteiger partial charge in [-0.15, -0.1) is 0 Å². The van der Waals surface area contributed by atoms with Crippen LogP contribution in [0.2, 0.25) is 0 Å². The zero-order chi connectivity index (χ0) is 31.3. The number of hydrogen-bond acceptors (Lipinski definition) is 5. The van der Waals surface area contributed by atoms with Crippen LogP contribution in [0.5, 0.6) is 0 Å². The normalized spacial score (nSPS) is 12.9. The van der Waals surface area contributed by atoms with Gasteiger partial charge in [0, 0.05) is 30.6 Å². The molecular weight excluding hydrogens is 566 g/mol. The van der Waals surface area contributed by atoms with Gasteiger partial charge < -0.3 is 19.9 Å². The van der Waals surface area contributed by atoms with Gasteiger partial charge in [-0.1, -0.05) is 44.2 Å². The molecule has 0 aliphatic heterocycles. The first-order valence-electron chi connectivity index (χ1n) is 13.7. The van der Waals surface area contributed by atoms with Crippen LogP contribution >= 0.6 is 7.14 Å². The third kappa shape index (κ3) is 8.44. The van der Waals surface area contributed by atoms with Crippen LogP contribution in [0.1, 0.15) is 74.6 Å². The number of aromatic nitrogens is 1. The second kappa shape index (κ2) is 13.1. The third-order valence-corrected chi connectivity index (χ3v) is 9.90. The fourth-order valence-electron chi connectivity index (χ4n) is 4.30. The summed E-state index contributed by atoms with van der Waals surface area (Å²) in [6.07, 6.45) is -2.84. The molecule has 0 saturated carbocycles. The fraction of sp³-hybridized carbons (Fsp3) is 0.387. The van der Waals surface area contributed by atoms with Gasteiger partial charge in [0.05, 0.1) is 11.6 Å². The molecule has 2 N–H and O–H groups in total. The van der Waals surface area contributed by atoms with E-state index in [1.807, 2.05) is 13.8 Å². The molecule has 7 nitrogen and oxygen atoms in total. The van der Waals surface area contributed by atoms with Crippen LogP contribution in [-0.2, 0) is 22.0 Å². The van der Waals surface area contributed by atoms with Gasteiger partial charge in [-0.25, -0.2) is 4.79 Å². The number of carbonyl (C=O) groups excluding carboxylic acids is 2. The quantitative estimate of drug-likeness (QED) is 0.250. The molecule has 42 heavy (non-hydrogen) atoms. The number of carbonyl (C=O) groups is 2. The highest BCUT2D eigenvalue weighted by Crippen LogP contribution is 2.42. The summed E-state index contributed by atoms with van der Waals surface area (Å²) in [6, 6.07) is 12.9. The molecule has 2 amide bonds. The van der Waals surface area contributed by atoms with Crippen molar-refractivity contribution in [3.05, 3.63) is 83.0 Å².